The zero-order valence-corrected chi connectivity index (χ0v) is 15.5. The molecule has 0 bridgehead atoms. The molecule has 0 aliphatic carbocycles. The smallest absolute Gasteiger partial charge is 0.407 e. The van der Waals surface area contributed by atoms with Gasteiger partial charge in [-0.2, -0.15) is 0 Å². The Kier molecular flexibility index (Phi) is 6.50. The highest BCUT2D eigenvalue weighted by atomic mass is 16.6. The number of piperidine rings is 1. The van der Waals surface area contributed by atoms with E-state index >= 15 is 0 Å². The molecule has 0 spiro atoms. The number of likely N-dealkylation sites (tertiary alicyclic amines) is 2. The molecule has 4 amide bonds. The molecular formula is C17H30N4O4. The molecule has 0 aromatic heterocycles. The molecule has 25 heavy (non-hydrogen) atoms. The van der Waals surface area contributed by atoms with Gasteiger partial charge in [-0.05, 0) is 46.5 Å². The number of urea groups is 1. The van der Waals surface area contributed by atoms with Gasteiger partial charge in [-0.15, -0.1) is 0 Å². The van der Waals surface area contributed by atoms with Crippen molar-refractivity contribution in [2.24, 2.45) is 0 Å². The summed E-state index contributed by atoms with van der Waals surface area (Å²) in [6, 6.07) is -0.396. The maximum absolute atomic E-state index is 12.3. The fraction of sp³-hybridized carbons (Fsp3) is 0.824. The summed E-state index contributed by atoms with van der Waals surface area (Å²) >= 11 is 0. The molecule has 2 fully saturated rings. The molecule has 142 valence electrons. The van der Waals surface area contributed by atoms with Gasteiger partial charge in [0.1, 0.15) is 5.60 Å². The summed E-state index contributed by atoms with van der Waals surface area (Å²) in [5, 5.41) is 5.50. The lowest BCUT2D eigenvalue weighted by atomic mass is 10.1. The number of carbonyl (C=O) groups is 3. The number of nitrogens with one attached hydrogen (secondary N) is 2. The first kappa shape index (κ1) is 19.3. The van der Waals surface area contributed by atoms with Crippen LogP contribution in [0.1, 0.15) is 46.5 Å². The van der Waals surface area contributed by atoms with Crippen molar-refractivity contribution in [1.29, 1.82) is 0 Å². The minimum atomic E-state index is -0.550. The highest BCUT2D eigenvalue weighted by Crippen LogP contribution is 2.12. The Morgan fingerprint density at radius 1 is 1.04 bits per heavy atom. The highest BCUT2D eigenvalue weighted by Gasteiger charge is 2.27. The second-order valence-corrected chi connectivity index (χ2v) is 7.68. The van der Waals surface area contributed by atoms with E-state index in [2.05, 4.69) is 10.6 Å². The van der Waals surface area contributed by atoms with Gasteiger partial charge in [0, 0.05) is 32.2 Å². The predicted molar refractivity (Wildman–Crippen MR) is 93.2 cm³/mol. The van der Waals surface area contributed by atoms with Crippen LogP contribution in [0.4, 0.5) is 9.59 Å². The Labute approximate surface area is 149 Å². The number of hydrogen-bond donors (Lipinski definition) is 2. The van der Waals surface area contributed by atoms with Crippen molar-refractivity contribution in [2.45, 2.75) is 58.1 Å². The molecule has 8 nitrogen and oxygen atoms in total. The van der Waals surface area contributed by atoms with Gasteiger partial charge in [0.25, 0.3) is 0 Å². The Balaban J connectivity index is 1.74. The van der Waals surface area contributed by atoms with Crippen molar-refractivity contribution in [3.63, 3.8) is 0 Å². The molecule has 1 atom stereocenters. The quantitative estimate of drug-likeness (QED) is 0.799. The predicted octanol–water partition coefficient (Wildman–Crippen LogP) is 1.31. The number of carbonyl (C=O) groups excluding carboxylic acids is 3. The fourth-order valence-electron chi connectivity index (χ4n) is 3.10. The lowest BCUT2D eigenvalue weighted by Crippen LogP contribution is -2.53. The summed E-state index contributed by atoms with van der Waals surface area (Å²) in [7, 11) is 0. The fourth-order valence-corrected chi connectivity index (χ4v) is 3.10. The molecule has 2 aliphatic rings. The topological polar surface area (TPSA) is 91.0 Å². The van der Waals surface area contributed by atoms with E-state index < -0.39 is 11.7 Å². The number of nitrogens with zero attached hydrogens (tertiary/aromatic N) is 2. The van der Waals surface area contributed by atoms with Gasteiger partial charge in [-0.3, -0.25) is 4.79 Å². The van der Waals surface area contributed by atoms with E-state index in [0.29, 0.717) is 13.1 Å². The van der Waals surface area contributed by atoms with Crippen molar-refractivity contribution in [3.8, 4) is 0 Å². The molecule has 2 rings (SSSR count). The Bertz CT molecular complexity index is 497. The van der Waals surface area contributed by atoms with E-state index in [1.54, 1.807) is 9.80 Å². The molecule has 0 aromatic carbocycles. The van der Waals surface area contributed by atoms with E-state index in [0.717, 1.165) is 38.8 Å². The maximum Gasteiger partial charge on any atom is 0.407 e. The first-order chi connectivity index (χ1) is 11.7. The zero-order valence-electron chi connectivity index (χ0n) is 15.5. The first-order valence-corrected chi connectivity index (χ1v) is 9.05. The number of hydrogen-bond acceptors (Lipinski definition) is 4. The normalized spacial score (nSPS) is 21.0. The van der Waals surface area contributed by atoms with E-state index in [-0.39, 0.29) is 24.5 Å². The molecule has 0 radical (unpaired) electrons. The summed E-state index contributed by atoms with van der Waals surface area (Å²) in [6.45, 7) is 8.05. The average molecular weight is 354 g/mol. The highest BCUT2D eigenvalue weighted by molar-refractivity contribution is 5.84. The van der Waals surface area contributed by atoms with Gasteiger partial charge in [0.15, 0.2) is 0 Å². The second-order valence-electron chi connectivity index (χ2n) is 7.68. The van der Waals surface area contributed by atoms with Gasteiger partial charge in [0.05, 0.1) is 6.54 Å². The third-order valence-corrected chi connectivity index (χ3v) is 4.28. The minimum Gasteiger partial charge on any atom is -0.444 e. The molecule has 0 saturated carbocycles. The van der Waals surface area contributed by atoms with Crippen molar-refractivity contribution >= 4 is 18.0 Å². The maximum atomic E-state index is 12.3. The number of alkyl carbamates (subject to hydrolysis) is 1. The Morgan fingerprint density at radius 3 is 2.32 bits per heavy atom. The molecule has 2 heterocycles. The van der Waals surface area contributed by atoms with Gasteiger partial charge < -0.3 is 25.2 Å². The van der Waals surface area contributed by atoms with Crippen LogP contribution in [0.5, 0.6) is 0 Å². The first-order valence-electron chi connectivity index (χ1n) is 9.05. The lowest BCUT2D eigenvalue weighted by Gasteiger charge is -2.33. The SMILES string of the molecule is CC(C)(C)OC(=O)N[C@@H]1CCCN(C(=O)NCC(=O)N2CCCC2)C1. The Morgan fingerprint density at radius 2 is 1.68 bits per heavy atom. The lowest BCUT2D eigenvalue weighted by molar-refractivity contribution is -0.129. The number of rotatable bonds is 3. The molecular weight excluding hydrogens is 324 g/mol. The molecule has 8 heteroatoms. The van der Waals surface area contributed by atoms with Gasteiger partial charge in [-0.1, -0.05) is 0 Å². The van der Waals surface area contributed by atoms with Crippen LogP contribution in [-0.4, -0.2) is 72.2 Å². The van der Waals surface area contributed by atoms with E-state index in [1.165, 1.54) is 0 Å². The van der Waals surface area contributed by atoms with Crippen molar-refractivity contribution in [3.05, 3.63) is 0 Å². The summed E-state index contributed by atoms with van der Waals surface area (Å²) < 4.78 is 5.25. The summed E-state index contributed by atoms with van der Waals surface area (Å²) in [5.41, 5.74) is -0.550. The van der Waals surface area contributed by atoms with Crippen LogP contribution in [0.3, 0.4) is 0 Å². The van der Waals surface area contributed by atoms with Crippen LogP contribution in [0.25, 0.3) is 0 Å². The van der Waals surface area contributed by atoms with Crippen LogP contribution in [0.2, 0.25) is 0 Å². The van der Waals surface area contributed by atoms with Crippen molar-refractivity contribution in [1.82, 2.24) is 20.4 Å². The van der Waals surface area contributed by atoms with Gasteiger partial charge in [-0.25, -0.2) is 9.59 Å². The minimum absolute atomic E-state index is 0.0273. The van der Waals surface area contributed by atoms with Crippen molar-refractivity contribution < 1.29 is 19.1 Å². The molecule has 2 N–H and O–H groups in total. The van der Waals surface area contributed by atoms with Crippen LogP contribution in [0.15, 0.2) is 0 Å². The second kappa shape index (κ2) is 8.40. The third kappa shape index (κ3) is 6.43. The average Bonchev–Trinajstić information content (AvgIpc) is 3.05. The standard InChI is InChI=1S/C17H30N4O4/c1-17(2,3)25-16(24)19-13-7-6-10-21(12-13)15(23)18-11-14(22)20-8-4-5-9-20/h13H,4-12H2,1-3H3,(H,18,23)(H,19,24)/t13-/m1/s1. The largest absolute Gasteiger partial charge is 0.444 e. The number of ether oxygens (including phenoxy) is 1. The monoisotopic (exact) mass is 354 g/mol. The summed E-state index contributed by atoms with van der Waals surface area (Å²) in [4.78, 5) is 39.6. The van der Waals surface area contributed by atoms with Gasteiger partial charge in [0.2, 0.25) is 5.91 Å². The third-order valence-electron chi connectivity index (χ3n) is 4.28. The molecule has 2 saturated heterocycles. The van der Waals surface area contributed by atoms with E-state index in [9.17, 15) is 14.4 Å². The zero-order chi connectivity index (χ0) is 18.4. The van der Waals surface area contributed by atoms with Crippen LogP contribution < -0.4 is 10.6 Å². The van der Waals surface area contributed by atoms with Crippen LogP contribution in [0, 0.1) is 0 Å². The molecule has 0 aromatic rings. The van der Waals surface area contributed by atoms with Crippen LogP contribution in [-0.2, 0) is 9.53 Å². The summed E-state index contributed by atoms with van der Waals surface area (Å²) in [6.07, 6.45) is 3.20. The Hall–Kier alpha value is -1.99. The van der Waals surface area contributed by atoms with Crippen molar-refractivity contribution in [2.75, 3.05) is 32.7 Å². The molecule has 0 unspecified atom stereocenters. The van der Waals surface area contributed by atoms with E-state index in [4.69, 9.17) is 4.74 Å². The number of amides is 4. The van der Waals surface area contributed by atoms with Gasteiger partial charge >= 0.3 is 12.1 Å². The molecule has 2 aliphatic heterocycles. The van der Waals surface area contributed by atoms with Crippen LogP contribution >= 0.6 is 0 Å². The summed E-state index contributed by atoms with van der Waals surface area (Å²) in [5.74, 6) is -0.0358. The van der Waals surface area contributed by atoms with E-state index in [1.807, 2.05) is 20.8 Å².